The number of hydrogen-bond acceptors (Lipinski definition) is 3. The quantitative estimate of drug-likeness (QED) is 0.769. The van der Waals surface area contributed by atoms with Crippen LogP contribution in [0.15, 0.2) is 12.2 Å². The van der Waals surface area contributed by atoms with Crippen molar-refractivity contribution >= 4 is 5.78 Å². The molecular formula is C20H30O3. The standard InChI is InChI=1S/C20H30O3/c1-13-8-20-9-14(13)4-5-16(20)18(2)6-3-7-19(11-21,12-22)17(18)15(23)10-20/h14,16-17,21-22H,1,3-12H2,2H3/t14-,16+,17+,18+,20-/m0/s1. The number of carbonyl (C=O) groups is 1. The first-order valence-electron chi connectivity index (χ1n) is 9.33. The average molecular weight is 318 g/mol. The monoisotopic (exact) mass is 318 g/mol. The Bertz CT molecular complexity index is 549. The molecule has 4 fully saturated rings. The van der Waals surface area contributed by atoms with Crippen LogP contribution in [0.3, 0.4) is 0 Å². The number of ketones is 1. The van der Waals surface area contributed by atoms with Crippen molar-refractivity contribution in [2.75, 3.05) is 13.2 Å². The lowest BCUT2D eigenvalue weighted by Crippen LogP contribution is -2.62. The molecule has 4 aliphatic carbocycles. The summed E-state index contributed by atoms with van der Waals surface area (Å²) in [5.74, 6) is 1.32. The molecule has 0 aromatic carbocycles. The van der Waals surface area contributed by atoms with E-state index in [1.165, 1.54) is 18.4 Å². The van der Waals surface area contributed by atoms with Crippen LogP contribution in [-0.2, 0) is 4.79 Å². The number of hydrogen-bond donors (Lipinski definition) is 2. The number of fused-ring (bicyclic) bond motifs is 3. The van der Waals surface area contributed by atoms with Crippen molar-refractivity contribution in [1.29, 1.82) is 0 Å². The van der Waals surface area contributed by atoms with E-state index in [4.69, 9.17) is 0 Å². The number of rotatable bonds is 2. The van der Waals surface area contributed by atoms with Gasteiger partial charge < -0.3 is 10.2 Å². The van der Waals surface area contributed by atoms with E-state index in [1.54, 1.807) is 0 Å². The van der Waals surface area contributed by atoms with Crippen LogP contribution < -0.4 is 0 Å². The molecule has 3 heteroatoms. The second-order valence-electron chi connectivity index (χ2n) is 9.34. The van der Waals surface area contributed by atoms with Crippen molar-refractivity contribution < 1.29 is 15.0 Å². The SMILES string of the molecule is C=C1C[C@]23CC(=O)[C@H]4C(CO)(CO)CCC[C@]4(C)[C@H]2CC[C@H]1C3. The van der Waals surface area contributed by atoms with Gasteiger partial charge in [-0.1, -0.05) is 25.5 Å². The molecule has 0 saturated heterocycles. The zero-order valence-corrected chi connectivity index (χ0v) is 14.3. The molecule has 23 heavy (non-hydrogen) atoms. The summed E-state index contributed by atoms with van der Waals surface area (Å²) in [6.07, 6.45) is 8.09. The molecule has 0 radical (unpaired) electrons. The molecule has 0 heterocycles. The number of aliphatic hydroxyl groups excluding tert-OH is 2. The molecule has 4 aliphatic rings. The van der Waals surface area contributed by atoms with Gasteiger partial charge in [-0.3, -0.25) is 4.79 Å². The van der Waals surface area contributed by atoms with E-state index in [1.807, 2.05) is 0 Å². The zero-order chi connectivity index (χ0) is 16.5. The normalized spacial score (nSPS) is 48.0. The van der Waals surface area contributed by atoms with E-state index < -0.39 is 5.41 Å². The zero-order valence-electron chi connectivity index (χ0n) is 14.3. The van der Waals surface area contributed by atoms with E-state index in [9.17, 15) is 15.0 Å². The van der Waals surface area contributed by atoms with Crippen molar-refractivity contribution in [3.63, 3.8) is 0 Å². The maximum atomic E-state index is 13.3. The van der Waals surface area contributed by atoms with Crippen LogP contribution in [0.5, 0.6) is 0 Å². The van der Waals surface area contributed by atoms with Gasteiger partial charge in [0.15, 0.2) is 0 Å². The fourth-order valence-electron chi connectivity index (χ4n) is 7.57. The fourth-order valence-corrected chi connectivity index (χ4v) is 7.57. The molecule has 3 nitrogen and oxygen atoms in total. The predicted octanol–water partition coefficient (Wildman–Crippen LogP) is 3.10. The second-order valence-corrected chi connectivity index (χ2v) is 9.34. The van der Waals surface area contributed by atoms with Gasteiger partial charge in [-0.25, -0.2) is 0 Å². The lowest BCUT2D eigenvalue weighted by atomic mass is 9.40. The maximum Gasteiger partial charge on any atom is 0.137 e. The Kier molecular flexibility index (Phi) is 3.39. The van der Waals surface area contributed by atoms with Gasteiger partial charge in [0.05, 0.1) is 13.2 Å². The Hall–Kier alpha value is -0.670. The summed E-state index contributed by atoms with van der Waals surface area (Å²) < 4.78 is 0. The molecule has 0 amide bonds. The fraction of sp³-hybridized carbons (Fsp3) is 0.850. The lowest BCUT2D eigenvalue weighted by molar-refractivity contribution is -0.184. The highest BCUT2D eigenvalue weighted by Gasteiger charge is 2.67. The first-order chi connectivity index (χ1) is 10.9. The minimum Gasteiger partial charge on any atom is -0.396 e. The Labute approximate surface area is 139 Å². The molecule has 4 saturated carbocycles. The van der Waals surface area contributed by atoms with Crippen LogP contribution in [0.1, 0.15) is 58.3 Å². The minimum absolute atomic E-state index is 0.0609. The van der Waals surface area contributed by atoms with E-state index >= 15 is 0 Å². The third-order valence-electron chi connectivity index (χ3n) is 8.29. The van der Waals surface area contributed by atoms with Crippen molar-refractivity contribution in [2.24, 2.45) is 34.0 Å². The minimum atomic E-state index is -0.599. The van der Waals surface area contributed by atoms with Gasteiger partial charge in [-0.2, -0.15) is 0 Å². The molecule has 1 spiro atoms. The second kappa shape index (κ2) is 4.92. The Morgan fingerprint density at radius 1 is 1.17 bits per heavy atom. The van der Waals surface area contributed by atoms with Crippen LogP contribution in [0.4, 0.5) is 0 Å². The summed E-state index contributed by atoms with van der Waals surface area (Å²) in [6.45, 7) is 6.47. The molecule has 128 valence electrons. The third-order valence-corrected chi connectivity index (χ3v) is 8.29. The van der Waals surface area contributed by atoms with E-state index in [0.717, 1.165) is 32.1 Å². The smallest absolute Gasteiger partial charge is 0.137 e. The van der Waals surface area contributed by atoms with Gasteiger partial charge in [0.2, 0.25) is 0 Å². The molecule has 2 bridgehead atoms. The average Bonchev–Trinajstić information content (AvgIpc) is 2.75. The molecule has 0 unspecified atom stereocenters. The van der Waals surface area contributed by atoms with Gasteiger partial charge in [0.1, 0.15) is 5.78 Å². The number of allylic oxidation sites excluding steroid dienone is 1. The molecule has 0 aromatic rings. The molecule has 0 aromatic heterocycles. The summed E-state index contributed by atoms with van der Waals surface area (Å²) in [6, 6.07) is 0. The Balaban J connectivity index is 1.80. The molecule has 5 atom stereocenters. The summed E-state index contributed by atoms with van der Waals surface area (Å²) in [5.41, 5.74) is 0.845. The predicted molar refractivity (Wildman–Crippen MR) is 88.7 cm³/mol. The molecule has 4 rings (SSSR count). The maximum absolute atomic E-state index is 13.3. The van der Waals surface area contributed by atoms with E-state index in [0.29, 0.717) is 24.0 Å². The van der Waals surface area contributed by atoms with Gasteiger partial charge in [-0.15, -0.1) is 0 Å². The van der Waals surface area contributed by atoms with Crippen molar-refractivity contribution in [3.05, 3.63) is 12.2 Å². The van der Waals surface area contributed by atoms with Gasteiger partial charge >= 0.3 is 0 Å². The van der Waals surface area contributed by atoms with Gasteiger partial charge in [-0.05, 0) is 61.2 Å². The highest BCUT2D eigenvalue weighted by Crippen LogP contribution is 2.71. The van der Waals surface area contributed by atoms with Crippen molar-refractivity contribution in [1.82, 2.24) is 0 Å². The Morgan fingerprint density at radius 3 is 2.61 bits per heavy atom. The van der Waals surface area contributed by atoms with Crippen LogP contribution in [0.2, 0.25) is 0 Å². The number of Topliss-reactive ketones (excluding diaryl/α,β-unsaturated/α-hetero) is 1. The van der Waals surface area contributed by atoms with E-state index in [-0.39, 0.29) is 30.0 Å². The highest BCUT2D eigenvalue weighted by molar-refractivity contribution is 5.85. The van der Waals surface area contributed by atoms with Crippen LogP contribution in [-0.4, -0.2) is 29.2 Å². The van der Waals surface area contributed by atoms with Crippen LogP contribution in [0, 0.1) is 34.0 Å². The van der Waals surface area contributed by atoms with Crippen LogP contribution in [0.25, 0.3) is 0 Å². The topological polar surface area (TPSA) is 57.5 Å². The summed E-state index contributed by atoms with van der Waals surface area (Å²) in [5, 5.41) is 20.1. The van der Waals surface area contributed by atoms with E-state index in [2.05, 4.69) is 13.5 Å². The number of carbonyl (C=O) groups excluding carboxylic acids is 1. The number of aliphatic hydroxyl groups is 2. The van der Waals surface area contributed by atoms with Crippen molar-refractivity contribution in [3.8, 4) is 0 Å². The van der Waals surface area contributed by atoms with Crippen molar-refractivity contribution in [2.45, 2.75) is 58.3 Å². The first kappa shape index (κ1) is 15.8. The highest BCUT2D eigenvalue weighted by atomic mass is 16.3. The molecule has 0 aliphatic heterocycles. The molecule has 2 N–H and O–H groups in total. The Morgan fingerprint density at radius 2 is 1.91 bits per heavy atom. The largest absolute Gasteiger partial charge is 0.396 e. The summed E-state index contributed by atoms with van der Waals surface area (Å²) in [4.78, 5) is 13.3. The summed E-state index contributed by atoms with van der Waals surface area (Å²) >= 11 is 0. The lowest BCUT2D eigenvalue weighted by Gasteiger charge is -2.63. The third kappa shape index (κ3) is 1.87. The van der Waals surface area contributed by atoms with Gasteiger partial charge in [0.25, 0.3) is 0 Å². The van der Waals surface area contributed by atoms with Crippen LogP contribution >= 0.6 is 0 Å². The first-order valence-corrected chi connectivity index (χ1v) is 9.33. The molecular weight excluding hydrogens is 288 g/mol. The summed E-state index contributed by atoms with van der Waals surface area (Å²) in [7, 11) is 0. The van der Waals surface area contributed by atoms with Gasteiger partial charge in [0, 0.05) is 17.8 Å².